The number of hydrogen-bond donors (Lipinski definition) is 2. The average Bonchev–Trinajstić information content (AvgIpc) is 2.36. The van der Waals surface area contributed by atoms with E-state index in [0.29, 0.717) is 6.54 Å². The lowest BCUT2D eigenvalue weighted by Gasteiger charge is -2.14. The van der Waals surface area contributed by atoms with Crippen molar-refractivity contribution in [3.63, 3.8) is 0 Å². The minimum absolute atomic E-state index is 0.0128. The number of ether oxygens (including phenoxy) is 1. The van der Waals surface area contributed by atoms with E-state index in [1.165, 1.54) is 17.9 Å². The van der Waals surface area contributed by atoms with Crippen LogP contribution in [0.5, 0.6) is 0 Å². The molecule has 17 heavy (non-hydrogen) atoms. The van der Waals surface area contributed by atoms with Crippen molar-refractivity contribution in [2.45, 2.75) is 19.5 Å². The molecule has 2 N–H and O–H groups in total. The van der Waals surface area contributed by atoms with Gasteiger partial charge in [-0.05, 0) is 6.92 Å². The maximum atomic E-state index is 11.8. The molecule has 7 heteroatoms. The molecule has 1 unspecified atom stereocenters. The van der Waals surface area contributed by atoms with Crippen LogP contribution in [0, 0.1) is 0 Å². The van der Waals surface area contributed by atoms with Gasteiger partial charge < -0.3 is 19.7 Å². The van der Waals surface area contributed by atoms with Crippen molar-refractivity contribution in [1.29, 1.82) is 0 Å². The molecule has 1 heterocycles. The molecule has 0 spiro atoms. The Labute approximate surface area is 98.1 Å². The number of aliphatic hydroxyl groups excluding tert-OH is 1. The lowest BCUT2D eigenvalue weighted by atomic mass is 10.3. The van der Waals surface area contributed by atoms with E-state index in [1.807, 2.05) is 6.92 Å². The van der Waals surface area contributed by atoms with E-state index >= 15 is 0 Å². The number of aliphatic hydroxyl groups is 1. The quantitative estimate of drug-likeness (QED) is 0.656. The molecule has 0 fully saturated rings. The second kappa shape index (κ2) is 6.00. The summed E-state index contributed by atoms with van der Waals surface area (Å²) in [6.45, 7) is 1.84. The van der Waals surface area contributed by atoms with E-state index in [4.69, 9.17) is 5.11 Å². The summed E-state index contributed by atoms with van der Waals surface area (Å²) in [5.41, 5.74) is -0.350. The summed E-state index contributed by atoms with van der Waals surface area (Å²) in [6.07, 6.45) is 2.98. The highest BCUT2D eigenvalue weighted by molar-refractivity contribution is 5.78. The van der Waals surface area contributed by atoms with Crippen LogP contribution in [0.15, 0.2) is 17.2 Å². The van der Waals surface area contributed by atoms with E-state index in [-0.39, 0.29) is 11.4 Å². The zero-order chi connectivity index (χ0) is 12.8. The van der Waals surface area contributed by atoms with Crippen molar-refractivity contribution in [2.75, 3.05) is 19.0 Å². The van der Waals surface area contributed by atoms with Gasteiger partial charge in [-0.3, -0.25) is 4.79 Å². The van der Waals surface area contributed by atoms with E-state index in [0.717, 1.165) is 0 Å². The normalized spacial score (nSPS) is 11.9. The van der Waals surface area contributed by atoms with Crippen molar-refractivity contribution in [1.82, 2.24) is 9.55 Å². The number of nitrogens with one attached hydrogen (secondary N) is 1. The van der Waals surface area contributed by atoms with Gasteiger partial charge in [-0.25, -0.2) is 9.78 Å². The van der Waals surface area contributed by atoms with Gasteiger partial charge in [0.25, 0.3) is 5.56 Å². The molecule has 1 rings (SSSR count). The zero-order valence-corrected chi connectivity index (χ0v) is 9.71. The van der Waals surface area contributed by atoms with Crippen molar-refractivity contribution in [3.05, 3.63) is 22.7 Å². The van der Waals surface area contributed by atoms with Crippen LogP contribution in [0.3, 0.4) is 0 Å². The lowest BCUT2D eigenvalue weighted by molar-refractivity contribution is -0.142. The molecule has 0 aromatic carbocycles. The van der Waals surface area contributed by atoms with Gasteiger partial charge in [0.15, 0.2) is 5.82 Å². The Hall–Kier alpha value is -1.89. The standard InChI is InChI=1S/C10H15N3O4/c1-3-13-5-4-11-8(9(13)15)12-7(6-14)10(16)17-2/h4-5,7,14H,3,6H2,1-2H3,(H,11,12). The number of carbonyl (C=O) groups excluding carboxylic acids is 1. The van der Waals surface area contributed by atoms with Gasteiger partial charge in [-0.1, -0.05) is 0 Å². The van der Waals surface area contributed by atoms with Gasteiger partial charge in [0.1, 0.15) is 6.04 Å². The van der Waals surface area contributed by atoms with Crippen LogP contribution < -0.4 is 10.9 Å². The molecule has 1 aromatic rings. The Kier molecular flexibility index (Phi) is 4.65. The van der Waals surface area contributed by atoms with Gasteiger partial charge in [-0.2, -0.15) is 0 Å². The third-order valence-corrected chi connectivity index (χ3v) is 2.23. The van der Waals surface area contributed by atoms with Crippen molar-refractivity contribution in [3.8, 4) is 0 Å². The van der Waals surface area contributed by atoms with Crippen molar-refractivity contribution in [2.24, 2.45) is 0 Å². The highest BCUT2D eigenvalue weighted by Crippen LogP contribution is 1.98. The fraction of sp³-hybridized carbons (Fsp3) is 0.500. The van der Waals surface area contributed by atoms with Gasteiger partial charge in [0.2, 0.25) is 0 Å². The fourth-order valence-electron chi connectivity index (χ4n) is 1.28. The lowest BCUT2D eigenvalue weighted by Crippen LogP contribution is -2.37. The number of hydrogen-bond acceptors (Lipinski definition) is 6. The summed E-state index contributed by atoms with van der Waals surface area (Å²) < 4.78 is 5.91. The predicted molar refractivity (Wildman–Crippen MR) is 60.7 cm³/mol. The number of esters is 1. The third kappa shape index (κ3) is 3.04. The summed E-state index contributed by atoms with van der Waals surface area (Å²) in [6, 6.07) is -0.993. The van der Waals surface area contributed by atoms with Crippen LogP contribution in [-0.4, -0.2) is 40.4 Å². The smallest absolute Gasteiger partial charge is 0.330 e. The van der Waals surface area contributed by atoms with Crippen molar-refractivity contribution < 1.29 is 14.6 Å². The minimum Gasteiger partial charge on any atom is -0.467 e. The first-order valence-corrected chi connectivity index (χ1v) is 5.14. The number of carbonyl (C=O) groups is 1. The number of anilines is 1. The highest BCUT2D eigenvalue weighted by atomic mass is 16.5. The molecule has 0 aliphatic rings. The molecule has 0 radical (unpaired) electrons. The number of nitrogens with zero attached hydrogens (tertiary/aromatic N) is 2. The van der Waals surface area contributed by atoms with Crippen LogP contribution in [0.1, 0.15) is 6.92 Å². The van der Waals surface area contributed by atoms with Crippen LogP contribution >= 0.6 is 0 Å². The van der Waals surface area contributed by atoms with Gasteiger partial charge in [0, 0.05) is 18.9 Å². The molecule has 0 amide bonds. The highest BCUT2D eigenvalue weighted by Gasteiger charge is 2.19. The Balaban J connectivity index is 2.94. The predicted octanol–water partition coefficient (Wildman–Crippen LogP) is -0.791. The van der Waals surface area contributed by atoms with Crippen LogP contribution in [0.4, 0.5) is 5.82 Å². The van der Waals surface area contributed by atoms with Crippen molar-refractivity contribution >= 4 is 11.8 Å². The summed E-state index contributed by atoms with van der Waals surface area (Å²) in [4.78, 5) is 26.8. The molecule has 0 aliphatic heterocycles. The first-order chi connectivity index (χ1) is 8.13. The summed E-state index contributed by atoms with van der Waals surface area (Å²) >= 11 is 0. The summed E-state index contributed by atoms with van der Waals surface area (Å²) in [5.74, 6) is -0.639. The molecule has 0 aliphatic carbocycles. The Morgan fingerprint density at radius 1 is 1.71 bits per heavy atom. The van der Waals surface area contributed by atoms with Crippen LogP contribution in [0.25, 0.3) is 0 Å². The maximum Gasteiger partial charge on any atom is 0.330 e. The monoisotopic (exact) mass is 241 g/mol. The second-order valence-corrected chi connectivity index (χ2v) is 3.27. The molecule has 1 atom stereocenters. The molecular formula is C10H15N3O4. The third-order valence-electron chi connectivity index (χ3n) is 2.23. The number of rotatable bonds is 5. The molecule has 7 nitrogen and oxygen atoms in total. The Morgan fingerprint density at radius 2 is 2.41 bits per heavy atom. The van der Waals surface area contributed by atoms with E-state index < -0.39 is 18.6 Å². The Bertz CT molecular complexity index is 443. The van der Waals surface area contributed by atoms with Gasteiger partial charge >= 0.3 is 5.97 Å². The summed E-state index contributed by atoms with van der Waals surface area (Å²) in [5, 5.41) is 11.6. The Morgan fingerprint density at radius 3 is 2.94 bits per heavy atom. The number of aryl methyl sites for hydroxylation is 1. The van der Waals surface area contributed by atoms with E-state index in [9.17, 15) is 9.59 Å². The maximum absolute atomic E-state index is 11.8. The van der Waals surface area contributed by atoms with Gasteiger partial charge in [0.05, 0.1) is 13.7 Å². The van der Waals surface area contributed by atoms with Crippen LogP contribution in [0.2, 0.25) is 0 Å². The second-order valence-electron chi connectivity index (χ2n) is 3.27. The molecule has 0 bridgehead atoms. The molecule has 0 saturated carbocycles. The average molecular weight is 241 g/mol. The fourth-order valence-corrected chi connectivity index (χ4v) is 1.28. The van der Waals surface area contributed by atoms with E-state index in [2.05, 4.69) is 15.0 Å². The number of methoxy groups -OCH3 is 1. The summed E-state index contributed by atoms with van der Waals surface area (Å²) in [7, 11) is 1.20. The SMILES string of the molecule is CCn1ccnc(NC(CO)C(=O)OC)c1=O. The van der Waals surface area contributed by atoms with Gasteiger partial charge in [-0.15, -0.1) is 0 Å². The molecular weight excluding hydrogens is 226 g/mol. The molecule has 1 aromatic heterocycles. The minimum atomic E-state index is -0.993. The zero-order valence-electron chi connectivity index (χ0n) is 9.71. The van der Waals surface area contributed by atoms with Crippen LogP contribution in [-0.2, 0) is 16.1 Å². The topological polar surface area (TPSA) is 93.5 Å². The molecule has 94 valence electrons. The van der Waals surface area contributed by atoms with E-state index in [1.54, 1.807) is 6.20 Å². The first kappa shape index (κ1) is 13.2. The number of aromatic nitrogens is 2. The largest absolute Gasteiger partial charge is 0.467 e. The molecule has 0 saturated heterocycles. The first-order valence-electron chi connectivity index (χ1n) is 5.14.